The van der Waals surface area contributed by atoms with Crippen LogP contribution in [0.2, 0.25) is 5.02 Å². The van der Waals surface area contributed by atoms with Crippen LogP contribution in [0.3, 0.4) is 0 Å². The second-order valence-corrected chi connectivity index (χ2v) is 31.7. The van der Waals surface area contributed by atoms with Gasteiger partial charge >= 0.3 is 6.18 Å². The molecule has 1 aliphatic heterocycles. The van der Waals surface area contributed by atoms with Gasteiger partial charge in [-0.05, 0) is 173 Å². The summed E-state index contributed by atoms with van der Waals surface area (Å²) in [6, 6.07) is 40.1. The number of aliphatic hydroxyl groups excluding tert-OH is 1. The Labute approximate surface area is 533 Å². The van der Waals surface area contributed by atoms with Crippen LogP contribution in [-0.2, 0) is 48.2 Å². The lowest BCUT2D eigenvalue weighted by molar-refractivity contribution is -0.137. The highest BCUT2D eigenvalue weighted by Gasteiger charge is 2.34. The Balaban J connectivity index is 0.000000263. The molecule has 8 nitrogen and oxygen atoms in total. The van der Waals surface area contributed by atoms with E-state index in [2.05, 4.69) is 157 Å². The van der Waals surface area contributed by atoms with Crippen molar-refractivity contribution in [3.05, 3.63) is 200 Å². The fraction of sp³-hybridized carbons (Fsp3) is 0.507. The van der Waals surface area contributed by atoms with E-state index in [4.69, 9.17) is 21.8 Å². The molecule has 5 aromatic carbocycles. The number of fused-ring (bicyclic) bond motifs is 1. The maximum atomic E-state index is 13.1. The molecule has 0 unspecified atom stereocenters. The highest BCUT2D eigenvalue weighted by Crippen LogP contribution is 2.38. The third-order valence-electron chi connectivity index (χ3n) is 15.3. The number of sulfone groups is 1. The molecule has 2 N–H and O–H groups in total. The van der Waals surface area contributed by atoms with Crippen molar-refractivity contribution in [1.82, 2.24) is 15.2 Å². The Morgan fingerprint density at radius 3 is 1.55 bits per heavy atom. The molecule has 480 valence electrons. The Hall–Kier alpha value is -5.84. The predicted octanol–water partition coefficient (Wildman–Crippen LogP) is 19.4. The first-order valence-electron chi connectivity index (χ1n) is 31.3. The zero-order chi connectivity index (χ0) is 65.8. The molecule has 0 spiro atoms. The fourth-order valence-corrected chi connectivity index (χ4v) is 11.9. The van der Waals surface area contributed by atoms with E-state index in [-0.39, 0.29) is 28.6 Å². The van der Waals surface area contributed by atoms with Gasteiger partial charge in [0.25, 0.3) is 5.91 Å². The van der Waals surface area contributed by atoms with Crippen LogP contribution in [0.4, 0.5) is 13.2 Å². The molecule has 6 aromatic rings. The van der Waals surface area contributed by atoms with E-state index in [1.807, 2.05) is 42.5 Å². The molecule has 1 saturated carbocycles. The number of aliphatic hydroxyl groups is 1. The number of aryl methyl sites for hydroxylation is 1. The highest BCUT2D eigenvalue weighted by atomic mass is 35.5. The summed E-state index contributed by atoms with van der Waals surface area (Å²) >= 11 is 5.78. The van der Waals surface area contributed by atoms with Gasteiger partial charge in [0.05, 0.1) is 57.8 Å². The zero-order valence-corrected chi connectivity index (χ0v) is 57.2. The normalized spacial score (nSPS) is 16.5. The number of halogens is 4. The summed E-state index contributed by atoms with van der Waals surface area (Å²) in [5.41, 5.74) is 11.0. The summed E-state index contributed by atoms with van der Waals surface area (Å²) in [6.07, 6.45) is 7.70. The van der Waals surface area contributed by atoms with Crippen molar-refractivity contribution in [1.29, 1.82) is 5.26 Å². The van der Waals surface area contributed by atoms with Crippen molar-refractivity contribution in [3.63, 3.8) is 0 Å². The molecule has 2 atom stereocenters. The third kappa shape index (κ3) is 27.1. The van der Waals surface area contributed by atoms with Crippen LogP contribution >= 0.6 is 11.6 Å². The topological polar surface area (TPSA) is 123 Å². The fourth-order valence-electron chi connectivity index (χ4n) is 10.9. The number of pyridine rings is 1. The molecule has 1 fully saturated rings. The summed E-state index contributed by atoms with van der Waals surface area (Å²) in [5.74, 6) is 1.29. The van der Waals surface area contributed by atoms with Gasteiger partial charge in [0.15, 0.2) is 9.84 Å². The lowest BCUT2D eigenvalue weighted by Crippen LogP contribution is -2.31. The first kappa shape index (κ1) is 74.6. The molecule has 2 aliphatic rings. The number of carbonyl (C=O) groups is 1. The molecule has 13 heteroatoms. The van der Waals surface area contributed by atoms with Crippen molar-refractivity contribution < 1.29 is 31.5 Å². The smallest absolute Gasteiger partial charge is 0.394 e. The summed E-state index contributed by atoms with van der Waals surface area (Å²) in [5, 5.41) is 22.2. The summed E-state index contributed by atoms with van der Waals surface area (Å²) in [7, 11) is -3.30. The second-order valence-electron chi connectivity index (χ2n) is 29.0. The van der Waals surface area contributed by atoms with Crippen LogP contribution in [-0.4, -0.2) is 48.2 Å². The number of nitriles is 1. The van der Waals surface area contributed by atoms with Crippen LogP contribution in [0.1, 0.15) is 214 Å². The van der Waals surface area contributed by atoms with E-state index in [1.54, 1.807) is 37.4 Å². The van der Waals surface area contributed by atoms with E-state index < -0.39 is 27.6 Å². The number of aromatic nitrogens is 1. The van der Waals surface area contributed by atoms with Crippen LogP contribution in [0.15, 0.2) is 138 Å². The van der Waals surface area contributed by atoms with Crippen molar-refractivity contribution >= 4 is 27.3 Å². The Bertz CT molecular complexity index is 3160. The number of rotatable bonds is 13. The van der Waals surface area contributed by atoms with Gasteiger partial charge in [-0.1, -0.05) is 207 Å². The van der Waals surface area contributed by atoms with Crippen LogP contribution in [0.25, 0.3) is 0 Å². The lowest BCUT2D eigenvalue weighted by Gasteiger charge is -2.32. The van der Waals surface area contributed by atoms with Gasteiger partial charge in [0, 0.05) is 24.3 Å². The minimum Gasteiger partial charge on any atom is -0.394 e. The van der Waals surface area contributed by atoms with Crippen molar-refractivity contribution in [2.45, 2.75) is 198 Å². The van der Waals surface area contributed by atoms with Crippen molar-refractivity contribution in [3.8, 4) is 6.07 Å². The minimum atomic E-state index is -4.24. The number of nitrogens with one attached hydrogen (secondary N) is 1. The number of carbonyl (C=O) groups excluding carboxylic acids is 1. The average Bonchev–Trinajstić information content (AvgIpc) is 3.20. The SMILES string of the molecule is CC(C)(C)Cc1ccc(C#N)cc1.CC(C)(C)Cc1ccc(C(F)(F)F)cc1.CC(C)(C)Cc1ccc(Cl)cc1.CC[C@H]1c2ncc(C(=O)N[C@@H](CO)c3ccc(S(=O)(=O)CC)cc3)cc2CN1CC1CCC(C)CC1.Cc1ccc(CC(C)(C)C)cc1. The Kier molecular flexibility index (Phi) is 28.2. The van der Waals surface area contributed by atoms with E-state index in [9.17, 15) is 31.5 Å². The number of benzene rings is 5. The summed E-state index contributed by atoms with van der Waals surface area (Å²) in [4.78, 5) is 20.5. The van der Waals surface area contributed by atoms with Gasteiger partial charge in [-0.3, -0.25) is 14.7 Å². The predicted molar refractivity (Wildman–Crippen MR) is 358 cm³/mol. The van der Waals surface area contributed by atoms with E-state index in [0.717, 1.165) is 96.6 Å². The largest absolute Gasteiger partial charge is 0.416 e. The maximum absolute atomic E-state index is 13.1. The Morgan fingerprint density at radius 2 is 1.14 bits per heavy atom. The van der Waals surface area contributed by atoms with Gasteiger partial charge in [-0.15, -0.1) is 0 Å². The number of amides is 1. The summed E-state index contributed by atoms with van der Waals surface area (Å²) < 4.78 is 60.9. The lowest BCUT2D eigenvalue weighted by atomic mass is 9.82. The van der Waals surface area contributed by atoms with Crippen LogP contribution in [0.5, 0.6) is 0 Å². The second kappa shape index (κ2) is 33.3. The Morgan fingerprint density at radius 1 is 0.693 bits per heavy atom. The molecule has 0 radical (unpaired) electrons. The number of nitrogens with zero attached hydrogens (tertiary/aromatic N) is 3. The van der Waals surface area contributed by atoms with E-state index >= 15 is 0 Å². The van der Waals surface area contributed by atoms with Crippen molar-refractivity contribution in [2.24, 2.45) is 33.5 Å². The standard InChI is InChI=1S/C28H39N3O4S.C12H15F3.C12H15N.C12H18.C11H15Cl/c1-4-26-27-23(17-31(26)16-20-8-6-19(3)7-9-20)14-22(15-29-27)28(33)30-25(18-32)21-10-12-24(13-11-21)36(34,35)5-2;1-11(2,3)8-9-4-6-10(7-5-9)12(13,14)15;1-12(2,3)8-10-4-6-11(9-13)7-5-10;1-10-5-7-11(8-6-10)9-12(2,3)4;1-11(2,3)8-9-4-6-10(12)7-5-9/h10-15,19-20,25-26,32H,4-9,16-18H2,1-3H3,(H,30,33);4-7H,8H2,1-3H3;4-7H,8H2,1-3H3;5-8H,9H2,1-4H3;4-7H,8H2,1-3H3/t19?,20?,25-,26-;;;;/m0..../s1. The molecule has 1 amide bonds. The minimum absolute atomic E-state index is 0.0218. The number of hydrogen-bond donors (Lipinski definition) is 2. The summed E-state index contributed by atoms with van der Waals surface area (Å²) in [6.45, 7) is 36.2. The first-order chi connectivity index (χ1) is 40.9. The third-order valence-corrected chi connectivity index (χ3v) is 17.3. The maximum Gasteiger partial charge on any atom is 0.416 e. The van der Waals surface area contributed by atoms with Crippen LogP contribution < -0.4 is 5.32 Å². The molecule has 8 rings (SSSR count). The molecule has 88 heavy (non-hydrogen) atoms. The van der Waals surface area contributed by atoms with Gasteiger partial charge in [0.2, 0.25) is 0 Å². The number of alkyl halides is 3. The monoisotopic (exact) mass is 1250 g/mol. The first-order valence-corrected chi connectivity index (χ1v) is 33.3. The van der Waals surface area contributed by atoms with Gasteiger partial charge in [0.1, 0.15) is 0 Å². The van der Waals surface area contributed by atoms with E-state index in [0.29, 0.717) is 33.4 Å². The van der Waals surface area contributed by atoms with Gasteiger partial charge < -0.3 is 10.4 Å². The average molecular weight is 1250 g/mol. The van der Waals surface area contributed by atoms with Crippen LogP contribution in [0, 0.1) is 51.8 Å². The molecule has 1 aromatic heterocycles. The van der Waals surface area contributed by atoms with E-state index in [1.165, 1.54) is 60.1 Å². The molecular formula is C75H102ClF3N4O4S. The highest BCUT2D eigenvalue weighted by molar-refractivity contribution is 7.91. The van der Waals surface area contributed by atoms with Gasteiger partial charge in [-0.25, -0.2) is 8.42 Å². The van der Waals surface area contributed by atoms with Crippen molar-refractivity contribution in [2.75, 3.05) is 18.9 Å². The number of hydrogen-bond acceptors (Lipinski definition) is 7. The molecule has 2 heterocycles. The quantitative estimate of drug-likeness (QED) is 0.118. The molecule has 0 bridgehead atoms. The van der Waals surface area contributed by atoms with Gasteiger partial charge in [-0.2, -0.15) is 18.4 Å². The zero-order valence-electron chi connectivity index (χ0n) is 55.6. The molecule has 0 saturated heterocycles. The molecular weight excluding hydrogens is 1150 g/mol. The molecule has 1 aliphatic carbocycles.